The number of aryl methyl sites for hydroxylation is 1. The number of hydrogen-bond donors (Lipinski definition) is 0. The average Bonchev–Trinajstić information content (AvgIpc) is 3.22. The number of nitrogens with zero attached hydrogens (tertiary/aromatic N) is 3. The second-order valence-electron chi connectivity index (χ2n) is 8.02. The third-order valence-electron chi connectivity index (χ3n) is 6.08. The first-order valence-electron chi connectivity index (χ1n) is 10.5. The molecule has 3 aliphatic heterocycles. The molecule has 6 heteroatoms. The van der Waals surface area contributed by atoms with Gasteiger partial charge in [-0.25, -0.2) is 0 Å². The van der Waals surface area contributed by atoms with Gasteiger partial charge >= 0.3 is 0 Å². The van der Waals surface area contributed by atoms with E-state index in [0.29, 0.717) is 13.3 Å². The van der Waals surface area contributed by atoms with Gasteiger partial charge in [-0.05, 0) is 42.2 Å². The quantitative estimate of drug-likeness (QED) is 0.799. The first-order chi connectivity index (χ1) is 14.3. The van der Waals surface area contributed by atoms with Gasteiger partial charge in [-0.15, -0.1) is 0 Å². The molecule has 0 saturated carbocycles. The van der Waals surface area contributed by atoms with Crippen molar-refractivity contribution in [2.24, 2.45) is 0 Å². The van der Waals surface area contributed by atoms with Crippen molar-refractivity contribution in [3.8, 4) is 11.5 Å². The molecule has 0 bridgehead atoms. The van der Waals surface area contributed by atoms with Crippen LogP contribution in [0.5, 0.6) is 11.5 Å². The molecule has 3 aliphatic rings. The lowest BCUT2D eigenvalue weighted by atomic mass is 10.0. The van der Waals surface area contributed by atoms with Crippen molar-refractivity contribution in [1.29, 1.82) is 0 Å². The fourth-order valence-electron chi connectivity index (χ4n) is 4.47. The summed E-state index contributed by atoms with van der Waals surface area (Å²) >= 11 is 0. The fraction of sp³-hybridized carbons (Fsp3) is 0.435. The lowest BCUT2D eigenvalue weighted by Gasteiger charge is -2.36. The molecule has 29 heavy (non-hydrogen) atoms. The molecule has 0 N–H and O–H groups in total. The Labute approximate surface area is 171 Å². The van der Waals surface area contributed by atoms with Gasteiger partial charge in [0.1, 0.15) is 0 Å². The van der Waals surface area contributed by atoms with Crippen LogP contribution in [0.25, 0.3) is 0 Å². The average molecular weight is 393 g/mol. The number of benzene rings is 2. The highest BCUT2D eigenvalue weighted by Crippen LogP contribution is 2.33. The summed E-state index contributed by atoms with van der Waals surface area (Å²) in [6, 6.07) is 14.5. The van der Waals surface area contributed by atoms with Crippen LogP contribution in [0, 0.1) is 0 Å². The van der Waals surface area contributed by atoms with Gasteiger partial charge in [0.05, 0.1) is 6.54 Å². The zero-order valence-electron chi connectivity index (χ0n) is 16.7. The van der Waals surface area contributed by atoms with Crippen molar-refractivity contribution < 1.29 is 14.3 Å². The van der Waals surface area contributed by atoms with Gasteiger partial charge in [0.15, 0.2) is 11.5 Å². The monoisotopic (exact) mass is 393 g/mol. The zero-order chi connectivity index (χ0) is 19.6. The number of carbonyl (C=O) groups is 1. The molecule has 2 aromatic carbocycles. The van der Waals surface area contributed by atoms with Crippen LogP contribution in [0.1, 0.15) is 17.5 Å². The minimum absolute atomic E-state index is 0.223. The summed E-state index contributed by atoms with van der Waals surface area (Å²) in [5.74, 6) is 1.89. The maximum atomic E-state index is 13.0. The largest absolute Gasteiger partial charge is 0.454 e. The van der Waals surface area contributed by atoms with Crippen LogP contribution in [0.2, 0.25) is 0 Å². The van der Waals surface area contributed by atoms with Gasteiger partial charge in [-0.1, -0.05) is 24.3 Å². The second kappa shape index (κ2) is 8.05. The zero-order valence-corrected chi connectivity index (χ0v) is 16.7. The number of piperazine rings is 1. The van der Waals surface area contributed by atoms with Gasteiger partial charge in [-0.2, -0.15) is 0 Å². The summed E-state index contributed by atoms with van der Waals surface area (Å²) in [6.07, 6.45) is 2.12. The summed E-state index contributed by atoms with van der Waals surface area (Å²) in [5.41, 5.74) is 3.63. The highest BCUT2D eigenvalue weighted by Gasteiger charge is 2.25. The van der Waals surface area contributed by atoms with E-state index in [1.54, 1.807) is 0 Å². The number of hydrogen-bond acceptors (Lipinski definition) is 5. The Kier molecular flexibility index (Phi) is 5.12. The topological polar surface area (TPSA) is 45.3 Å². The van der Waals surface area contributed by atoms with E-state index in [1.165, 1.54) is 11.1 Å². The Morgan fingerprint density at radius 1 is 0.897 bits per heavy atom. The lowest BCUT2D eigenvalue weighted by Crippen LogP contribution is -2.50. The molecule has 0 aliphatic carbocycles. The Balaban J connectivity index is 1.14. The third-order valence-corrected chi connectivity index (χ3v) is 6.08. The van der Waals surface area contributed by atoms with Crippen LogP contribution in [0.15, 0.2) is 42.5 Å². The molecular weight excluding hydrogens is 366 g/mol. The molecule has 152 valence electrons. The molecule has 0 atom stereocenters. The van der Waals surface area contributed by atoms with E-state index in [9.17, 15) is 4.79 Å². The van der Waals surface area contributed by atoms with Crippen molar-refractivity contribution in [3.63, 3.8) is 0 Å². The minimum Gasteiger partial charge on any atom is -0.454 e. The Morgan fingerprint density at radius 2 is 1.69 bits per heavy atom. The van der Waals surface area contributed by atoms with Crippen LogP contribution < -0.4 is 14.4 Å². The molecule has 1 fully saturated rings. The molecule has 2 aromatic rings. The highest BCUT2D eigenvalue weighted by atomic mass is 16.7. The number of fused-ring (bicyclic) bond motifs is 2. The molecule has 0 radical (unpaired) electrons. The van der Waals surface area contributed by atoms with Crippen molar-refractivity contribution in [2.45, 2.75) is 19.4 Å². The van der Waals surface area contributed by atoms with Crippen LogP contribution >= 0.6 is 0 Å². The van der Waals surface area contributed by atoms with E-state index in [4.69, 9.17) is 9.47 Å². The van der Waals surface area contributed by atoms with E-state index in [1.807, 2.05) is 17.0 Å². The second-order valence-corrected chi connectivity index (χ2v) is 8.02. The van der Waals surface area contributed by atoms with Crippen molar-refractivity contribution in [1.82, 2.24) is 9.80 Å². The van der Waals surface area contributed by atoms with Gasteiger partial charge < -0.3 is 14.4 Å². The maximum absolute atomic E-state index is 13.0. The summed E-state index contributed by atoms with van der Waals surface area (Å²) < 4.78 is 10.9. The maximum Gasteiger partial charge on any atom is 0.241 e. The normalized spacial score (nSPS) is 19.2. The van der Waals surface area contributed by atoms with Gasteiger partial charge in [-0.3, -0.25) is 14.6 Å². The van der Waals surface area contributed by atoms with E-state index in [0.717, 1.165) is 69.3 Å². The molecule has 6 nitrogen and oxygen atoms in total. The number of ether oxygens (including phenoxy) is 2. The van der Waals surface area contributed by atoms with E-state index >= 15 is 0 Å². The smallest absolute Gasteiger partial charge is 0.241 e. The number of para-hydroxylation sites is 1. The standard InChI is InChI=1S/C23H27N3O3/c27-23(26-9-3-5-19-4-1-2-6-20(19)26)16-25-12-10-24(11-13-25)15-18-7-8-21-22(14-18)29-17-28-21/h1-2,4,6-8,14H,3,5,9-13,15-17H2. The molecule has 0 spiro atoms. The predicted octanol–water partition coefficient (Wildman–Crippen LogP) is 2.51. The van der Waals surface area contributed by atoms with Crippen LogP contribution in [-0.4, -0.2) is 61.8 Å². The molecular formula is C23H27N3O3. The number of carbonyl (C=O) groups excluding carboxylic acids is 1. The number of amides is 1. The molecule has 0 aromatic heterocycles. The molecule has 1 amide bonds. The third kappa shape index (κ3) is 3.95. The van der Waals surface area contributed by atoms with Crippen molar-refractivity contribution in [3.05, 3.63) is 53.6 Å². The Hall–Kier alpha value is -2.57. The lowest BCUT2D eigenvalue weighted by molar-refractivity contribution is -0.120. The number of rotatable bonds is 4. The minimum atomic E-state index is 0.223. The van der Waals surface area contributed by atoms with E-state index in [2.05, 4.69) is 40.1 Å². The van der Waals surface area contributed by atoms with E-state index < -0.39 is 0 Å². The Morgan fingerprint density at radius 3 is 2.59 bits per heavy atom. The molecule has 5 rings (SSSR count). The molecule has 1 saturated heterocycles. The van der Waals surface area contributed by atoms with Gasteiger partial charge in [0.25, 0.3) is 0 Å². The first-order valence-corrected chi connectivity index (χ1v) is 10.5. The predicted molar refractivity (Wildman–Crippen MR) is 111 cm³/mol. The summed E-state index contributed by atoms with van der Waals surface area (Å²) in [6.45, 7) is 6.34. The van der Waals surface area contributed by atoms with Crippen molar-refractivity contribution >= 4 is 11.6 Å². The van der Waals surface area contributed by atoms with Crippen LogP contribution in [-0.2, 0) is 17.8 Å². The first kappa shape index (κ1) is 18.5. The molecule has 3 heterocycles. The van der Waals surface area contributed by atoms with Gasteiger partial charge in [0, 0.05) is 45.0 Å². The van der Waals surface area contributed by atoms with Gasteiger partial charge in [0.2, 0.25) is 12.7 Å². The SMILES string of the molecule is O=C(CN1CCN(Cc2ccc3c(c2)OCO3)CC1)N1CCCc2ccccc21. The van der Waals surface area contributed by atoms with Crippen LogP contribution in [0.4, 0.5) is 5.69 Å². The summed E-state index contributed by atoms with van der Waals surface area (Å²) in [5, 5.41) is 0. The van der Waals surface area contributed by atoms with Crippen LogP contribution in [0.3, 0.4) is 0 Å². The number of anilines is 1. The summed E-state index contributed by atoms with van der Waals surface area (Å²) in [4.78, 5) is 19.7. The summed E-state index contributed by atoms with van der Waals surface area (Å²) in [7, 11) is 0. The highest BCUT2D eigenvalue weighted by molar-refractivity contribution is 5.95. The molecule has 0 unspecified atom stereocenters. The van der Waals surface area contributed by atoms with Crippen molar-refractivity contribution in [2.75, 3.05) is 51.0 Å². The Bertz CT molecular complexity index is 893. The fourth-order valence-corrected chi connectivity index (χ4v) is 4.47. The van der Waals surface area contributed by atoms with E-state index in [-0.39, 0.29) is 5.91 Å².